The number of aryl methyl sites for hydroxylation is 1. The van der Waals surface area contributed by atoms with Gasteiger partial charge in [0, 0.05) is 18.2 Å². The van der Waals surface area contributed by atoms with Gasteiger partial charge < -0.3 is 10.6 Å². The van der Waals surface area contributed by atoms with Gasteiger partial charge in [-0.2, -0.15) is 0 Å². The number of aromatic nitrogens is 1. The van der Waals surface area contributed by atoms with Gasteiger partial charge in [-0.05, 0) is 38.4 Å². The van der Waals surface area contributed by atoms with E-state index in [0.717, 1.165) is 24.3 Å². The maximum absolute atomic E-state index is 11.7. The molecular formula is C12H17N3O. The molecule has 0 bridgehead atoms. The average Bonchev–Trinajstić information content (AvgIpc) is 2.74. The number of nitrogens with one attached hydrogen (secondary N) is 2. The Kier molecular flexibility index (Phi) is 3.51. The second kappa shape index (κ2) is 5.07. The van der Waals surface area contributed by atoms with Crippen LogP contribution in [0.25, 0.3) is 0 Å². The Hall–Kier alpha value is -1.42. The molecule has 1 aliphatic rings. The molecule has 2 N–H and O–H groups in total. The lowest BCUT2D eigenvalue weighted by Crippen LogP contribution is -2.27. The first kappa shape index (κ1) is 11.1. The zero-order chi connectivity index (χ0) is 11.4. The lowest BCUT2D eigenvalue weighted by atomic mass is 10.1. The second-order valence-electron chi connectivity index (χ2n) is 4.23. The van der Waals surface area contributed by atoms with E-state index in [1.807, 2.05) is 19.1 Å². The third kappa shape index (κ3) is 3.03. The minimum Gasteiger partial charge on any atom is -0.325 e. The van der Waals surface area contributed by atoms with E-state index in [2.05, 4.69) is 15.6 Å². The van der Waals surface area contributed by atoms with Crippen molar-refractivity contribution in [1.29, 1.82) is 0 Å². The molecule has 0 aliphatic carbocycles. The lowest BCUT2D eigenvalue weighted by Gasteiger charge is -2.10. The summed E-state index contributed by atoms with van der Waals surface area (Å²) in [5.41, 5.74) is 1.73. The monoisotopic (exact) mass is 219 g/mol. The van der Waals surface area contributed by atoms with Crippen molar-refractivity contribution in [1.82, 2.24) is 10.3 Å². The van der Waals surface area contributed by atoms with Crippen LogP contribution in [-0.4, -0.2) is 23.5 Å². The van der Waals surface area contributed by atoms with Gasteiger partial charge in [0.2, 0.25) is 5.91 Å². The van der Waals surface area contributed by atoms with Crippen LogP contribution in [0.2, 0.25) is 0 Å². The summed E-state index contributed by atoms with van der Waals surface area (Å²) in [5, 5.41) is 6.16. The van der Waals surface area contributed by atoms with Crippen molar-refractivity contribution in [2.24, 2.45) is 0 Å². The first-order valence-electron chi connectivity index (χ1n) is 5.70. The van der Waals surface area contributed by atoms with Crippen molar-refractivity contribution in [2.75, 3.05) is 11.9 Å². The molecule has 1 atom stereocenters. The molecule has 1 aromatic rings. The first-order chi connectivity index (χ1) is 7.74. The smallest absolute Gasteiger partial charge is 0.225 e. The molecule has 1 fully saturated rings. The molecule has 0 saturated carbocycles. The molecular weight excluding hydrogens is 202 g/mol. The summed E-state index contributed by atoms with van der Waals surface area (Å²) in [4.78, 5) is 15.8. The van der Waals surface area contributed by atoms with Gasteiger partial charge >= 0.3 is 0 Å². The predicted molar refractivity (Wildman–Crippen MR) is 63.2 cm³/mol. The van der Waals surface area contributed by atoms with E-state index in [0.29, 0.717) is 12.5 Å². The van der Waals surface area contributed by atoms with Crippen molar-refractivity contribution >= 4 is 11.6 Å². The van der Waals surface area contributed by atoms with E-state index in [1.165, 1.54) is 6.42 Å². The molecule has 4 nitrogen and oxygen atoms in total. The molecule has 4 heteroatoms. The molecule has 1 unspecified atom stereocenters. The predicted octanol–water partition coefficient (Wildman–Crippen LogP) is 1.47. The Bertz CT molecular complexity index is 355. The topological polar surface area (TPSA) is 54.0 Å². The number of pyridine rings is 1. The van der Waals surface area contributed by atoms with E-state index < -0.39 is 0 Å². The fourth-order valence-electron chi connectivity index (χ4n) is 1.91. The van der Waals surface area contributed by atoms with Gasteiger partial charge in [0.25, 0.3) is 0 Å². The van der Waals surface area contributed by atoms with Crippen LogP contribution in [0.5, 0.6) is 0 Å². The number of nitrogens with zero attached hydrogens (tertiary/aromatic N) is 1. The van der Waals surface area contributed by atoms with E-state index in [-0.39, 0.29) is 5.91 Å². The van der Waals surface area contributed by atoms with E-state index in [1.54, 1.807) is 6.20 Å². The summed E-state index contributed by atoms with van der Waals surface area (Å²) < 4.78 is 0. The van der Waals surface area contributed by atoms with Gasteiger partial charge in [-0.15, -0.1) is 0 Å². The number of carbonyl (C=O) groups is 1. The number of anilines is 1. The number of hydrogen-bond donors (Lipinski definition) is 2. The summed E-state index contributed by atoms with van der Waals surface area (Å²) in [6.07, 6.45) is 4.51. The Morgan fingerprint density at radius 3 is 3.12 bits per heavy atom. The summed E-state index contributed by atoms with van der Waals surface area (Å²) >= 11 is 0. The third-order valence-electron chi connectivity index (χ3n) is 2.79. The van der Waals surface area contributed by atoms with Crippen molar-refractivity contribution < 1.29 is 4.79 Å². The van der Waals surface area contributed by atoms with Crippen molar-refractivity contribution in [3.63, 3.8) is 0 Å². The minimum atomic E-state index is 0.0602. The van der Waals surface area contributed by atoms with Gasteiger partial charge in [-0.25, -0.2) is 0 Å². The van der Waals surface area contributed by atoms with Gasteiger partial charge in [-0.3, -0.25) is 9.78 Å². The molecule has 0 spiro atoms. The van der Waals surface area contributed by atoms with Gasteiger partial charge in [0.1, 0.15) is 0 Å². The van der Waals surface area contributed by atoms with Gasteiger partial charge in [-0.1, -0.05) is 0 Å². The molecule has 1 saturated heterocycles. The van der Waals surface area contributed by atoms with Crippen LogP contribution in [0.3, 0.4) is 0 Å². The van der Waals surface area contributed by atoms with Crippen LogP contribution in [0.4, 0.5) is 5.69 Å². The molecule has 1 aliphatic heterocycles. The highest BCUT2D eigenvalue weighted by molar-refractivity contribution is 5.90. The highest BCUT2D eigenvalue weighted by Crippen LogP contribution is 2.11. The maximum atomic E-state index is 11.7. The molecule has 0 radical (unpaired) electrons. The zero-order valence-electron chi connectivity index (χ0n) is 9.49. The minimum absolute atomic E-state index is 0.0602. The Labute approximate surface area is 95.5 Å². The maximum Gasteiger partial charge on any atom is 0.225 e. The van der Waals surface area contributed by atoms with E-state index >= 15 is 0 Å². The molecule has 1 amide bonds. The molecule has 1 aromatic heterocycles. The van der Waals surface area contributed by atoms with Crippen LogP contribution in [0.15, 0.2) is 18.3 Å². The fourth-order valence-corrected chi connectivity index (χ4v) is 1.91. The van der Waals surface area contributed by atoms with Crippen molar-refractivity contribution in [3.8, 4) is 0 Å². The quantitative estimate of drug-likeness (QED) is 0.809. The van der Waals surface area contributed by atoms with Crippen LogP contribution in [0.1, 0.15) is 25.0 Å². The summed E-state index contributed by atoms with van der Waals surface area (Å²) in [6, 6.07) is 4.12. The SMILES string of the molecule is Cc1ccc(NC(=O)CC2CCCN2)cn1. The summed E-state index contributed by atoms with van der Waals surface area (Å²) in [7, 11) is 0. The molecule has 16 heavy (non-hydrogen) atoms. The fraction of sp³-hybridized carbons (Fsp3) is 0.500. The standard InChI is InChI=1S/C12H17N3O/c1-9-4-5-11(8-14-9)15-12(16)7-10-3-2-6-13-10/h4-5,8,10,13H,2-3,6-7H2,1H3,(H,15,16). The largest absolute Gasteiger partial charge is 0.325 e. The Morgan fingerprint density at radius 1 is 1.62 bits per heavy atom. The number of carbonyl (C=O) groups excluding carboxylic acids is 1. The highest BCUT2D eigenvalue weighted by Gasteiger charge is 2.17. The van der Waals surface area contributed by atoms with Crippen LogP contribution in [-0.2, 0) is 4.79 Å². The average molecular weight is 219 g/mol. The Balaban J connectivity index is 1.84. The van der Waals surface area contributed by atoms with Crippen LogP contribution in [0, 0.1) is 6.92 Å². The molecule has 2 rings (SSSR count). The Morgan fingerprint density at radius 2 is 2.50 bits per heavy atom. The molecule has 0 aromatic carbocycles. The van der Waals surface area contributed by atoms with Crippen molar-refractivity contribution in [3.05, 3.63) is 24.0 Å². The lowest BCUT2D eigenvalue weighted by molar-refractivity contribution is -0.116. The molecule has 86 valence electrons. The van der Waals surface area contributed by atoms with E-state index in [4.69, 9.17) is 0 Å². The van der Waals surface area contributed by atoms with E-state index in [9.17, 15) is 4.79 Å². The highest BCUT2D eigenvalue weighted by atomic mass is 16.1. The zero-order valence-corrected chi connectivity index (χ0v) is 9.49. The summed E-state index contributed by atoms with van der Waals surface area (Å²) in [5.74, 6) is 0.0602. The third-order valence-corrected chi connectivity index (χ3v) is 2.79. The second-order valence-corrected chi connectivity index (χ2v) is 4.23. The summed E-state index contributed by atoms with van der Waals surface area (Å²) in [6.45, 7) is 2.96. The van der Waals surface area contributed by atoms with Gasteiger partial charge in [0.05, 0.1) is 11.9 Å². The number of amides is 1. The van der Waals surface area contributed by atoms with Crippen molar-refractivity contribution in [2.45, 2.75) is 32.2 Å². The van der Waals surface area contributed by atoms with Crippen LogP contribution >= 0.6 is 0 Å². The normalized spacial score (nSPS) is 19.7. The number of rotatable bonds is 3. The molecule has 2 heterocycles. The number of hydrogen-bond acceptors (Lipinski definition) is 3. The first-order valence-corrected chi connectivity index (χ1v) is 5.70. The van der Waals surface area contributed by atoms with Crippen LogP contribution < -0.4 is 10.6 Å². The van der Waals surface area contributed by atoms with Gasteiger partial charge in [0.15, 0.2) is 0 Å².